The monoisotopic (exact) mass is 504 g/mol. The topological polar surface area (TPSA) is 15.7 Å². The van der Waals surface area contributed by atoms with Crippen LogP contribution in [-0.4, -0.2) is 50.6 Å². The van der Waals surface area contributed by atoms with Gasteiger partial charge < -0.3 is 14.5 Å². The summed E-state index contributed by atoms with van der Waals surface area (Å²) in [5.41, 5.74) is 8.78. The van der Waals surface area contributed by atoms with Crippen molar-refractivity contribution in [2.45, 2.75) is 25.8 Å². The molecule has 1 aliphatic rings. The number of nitrogens with zero attached hydrogens (tertiary/aromatic N) is 2. The highest BCUT2D eigenvalue weighted by atomic mass is 16.5. The lowest BCUT2D eigenvalue weighted by atomic mass is 9.90. The summed E-state index contributed by atoms with van der Waals surface area (Å²) in [6.07, 6.45) is 3.71. The number of rotatable bonds is 9. The standard InChI is InChI=1S/C35H40N2O/c1-36(2)26-31-10-4-5-16-34(31)35-17-7-6-15-33(35)30-13-8-11-28(24-30)29-12-9-14-32(25-29)38-23-20-27-18-21-37(3)22-19-27/h4-17,24-25,27H,18-23,26H2,1-3H3. The summed E-state index contributed by atoms with van der Waals surface area (Å²) in [7, 11) is 6.47. The summed E-state index contributed by atoms with van der Waals surface area (Å²) in [4.78, 5) is 4.65. The van der Waals surface area contributed by atoms with Crippen LogP contribution in [0.2, 0.25) is 0 Å². The van der Waals surface area contributed by atoms with Gasteiger partial charge >= 0.3 is 0 Å². The van der Waals surface area contributed by atoms with Gasteiger partial charge in [0.25, 0.3) is 0 Å². The normalized spacial score (nSPS) is 14.6. The first-order valence-electron chi connectivity index (χ1n) is 13.9. The molecule has 0 aliphatic carbocycles. The van der Waals surface area contributed by atoms with E-state index in [2.05, 4.69) is 128 Å². The van der Waals surface area contributed by atoms with E-state index in [1.165, 1.54) is 64.9 Å². The van der Waals surface area contributed by atoms with E-state index >= 15 is 0 Å². The zero-order valence-corrected chi connectivity index (χ0v) is 23.1. The van der Waals surface area contributed by atoms with E-state index < -0.39 is 0 Å². The fourth-order valence-electron chi connectivity index (χ4n) is 5.56. The molecule has 0 aromatic heterocycles. The van der Waals surface area contributed by atoms with Gasteiger partial charge in [0, 0.05) is 6.54 Å². The van der Waals surface area contributed by atoms with Gasteiger partial charge in [-0.1, -0.05) is 78.9 Å². The average molecular weight is 505 g/mol. The highest BCUT2D eigenvalue weighted by molar-refractivity contribution is 5.86. The lowest BCUT2D eigenvalue weighted by Gasteiger charge is -2.28. The molecule has 1 aliphatic heterocycles. The molecule has 0 bridgehead atoms. The maximum atomic E-state index is 6.22. The molecule has 0 spiro atoms. The van der Waals surface area contributed by atoms with Crippen molar-refractivity contribution in [3.05, 3.63) is 103 Å². The van der Waals surface area contributed by atoms with Crippen molar-refractivity contribution in [1.82, 2.24) is 9.80 Å². The van der Waals surface area contributed by atoms with Crippen LogP contribution in [0.3, 0.4) is 0 Å². The maximum Gasteiger partial charge on any atom is 0.119 e. The molecular formula is C35H40N2O. The molecule has 1 fully saturated rings. The van der Waals surface area contributed by atoms with Gasteiger partial charge in [-0.3, -0.25) is 0 Å². The second-order valence-corrected chi connectivity index (χ2v) is 10.9. The van der Waals surface area contributed by atoms with Gasteiger partial charge in [0.15, 0.2) is 0 Å². The second kappa shape index (κ2) is 12.4. The van der Waals surface area contributed by atoms with Crippen LogP contribution in [0.25, 0.3) is 33.4 Å². The Morgan fingerprint density at radius 2 is 1.34 bits per heavy atom. The Kier molecular flexibility index (Phi) is 8.58. The molecule has 0 unspecified atom stereocenters. The third kappa shape index (κ3) is 6.53. The van der Waals surface area contributed by atoms with E-state index in [4.69, 9.17) is 4.74 Å². The molecule has 1 saturated heterocycles. The zero-order valence-electron chi connectivity index (χ0n) is 23.1. The molecule has 1 heterocycles. The van der Waals surface area contributed by atoms with Crippen LogP contribution < -0.4 is 4.74 Å². The minimum Gasteiger partial charge on any atom is -0.494 e. The Balaban J connectivity index is 1.36. The molecule has 0 amide bonds. The number of benzene rings is 4. The molecular weight excluding hydrogens is 464 g/mol. The Morgan fingerprint density at radius 1 is 0.711 bits per heavy atom. The quantitative estimate of drug-likeness (QED) is 0.231. The predicted octanol–water partition coefficient (Wildman–Crippen LogP) is 7.86. The molecule has 3 nitrogen and oxygen atoms in total. The van der Waals surface area contributed by atoms with Crippen LogP contribution in [0.1, 0.15) is 24.8 Å². The van der Waals surface area contributed by atoms with Crippen molar-refractivity contribution in [3.8, 4) is 39.1 Å². The minimum absolute atomic E-state index is 0.786. The molecule has 0 atom stereocenters. The average Bonchev–Trinajstić information content (AvgIpc) is 2.94. The summed E-state index contributed by atoms with van der Waals surface area (Å²) in [5.74, 6) is 1.74. The summed E-state index contributed by atoms with van der Waals surface area (Å²) in [5, 5.41) is 0. The summed E-state index contributed by atoms with van der Waals surface area (Å²) in [6, 6.07) is 35.0. The summed E-state index contributed by atoms with van der Waals surface area (Å²) >= 11 is 0. The van der Waals surface area contributed by atoms with Crippen molar-refractivity contribution in [2.24, 2.45) is 5.92 Å². The first-order valence-corrected chi connectivity index (χ1v) is 13.9. The Bertz CT molecular complexity index is 1340. The van der Waals surface area contributed by atoms with Crippen LogP contribution in [0.5, 0.6) is 5.75 Å². The van der Waals surface area contributed by atoms with Crippen LogP contribution >= 0.6 is 0 Å². The van der Waals surface area contributed by atoms with E-state index in [1.54, 1.807) is 0 Å². The molecule has 5 rings (SSSR count). The fourth-order valence-corrected chi connectivity index (χ4v) is 5.56. The largest absolute Gasteiger partial charge is 0.494 e. The Hall–Kier alpha value is -3.40. The van der Waals surface area contributed by atoms with E-state index in [1.807, 2.05) is 0 Å². The molecule has 3 heteroatoms. The van der Waals surface area contributed by atoms with Crippen molar-refractivity contribution in [1.29, 1.82) is 0 Å². The summed E-state index contributed by atoms with van der Waals surface area (Å²) < 4.78 is 6.22. The van der Waals surface area contributed by atoms with Gasteiger partial charge in [-0.05, 0) is 117 Å². The van der Waals surface area contributed by atoms with Gasteiger partial charge in [-0.25, -0.2) is 0 Å². The number of hydrogen-bond donors (Lipinski definition) is 0. The van der Waals surface area contributed by atoms with E-state index in [9.17, 15) is 0 Å². The van der Waals surface area contributed by atoms with Crippen LogP contribution in [0.4, 0.5) is 0 Å². The van der Waals surface area contributed by atoms with Gasteiger partial charge in [0.2, 0.25) is 0 Å². The highest BCUT2D eigenvalue weighted by Gasteiger charge is 2.16. The van der Waals surface area contributed by atoms with Crippen molar-refractivity contribution in [3.63, 3.8) is 0 Å². The molecule has 0 N–H and O–H groups in total. The lowest BCUT2D eigenvalue weighted by Crippen LogP contribution is -2.30. The van der Waals surface area contributed by atoms with E-state index in [0.717, 1.165) is 31.2 Å². The lowest BCUT2D eigenvalue weighted by molar-refractivity contribution is 0.187. The third-order valence-corrected chi connectivity index (χ3v) is 7.70. The molecule has 4 aromatic carbocycles. The summed E-state index contributed by atoms with van der Waals surface area (Å²) in [6.45, 7) is 4.12. The van der Waals surface area contributed by atoms with Crippen LogP contribution in [-0.2, 0) is 6.54 Å². The van der Waals surface area contributed by atoms with Gasteiger partial charge in [0.05, 0.1) is 6.61 Å². The van der Waals surface area contributed by atoms with E-state index in [-0.39, 0.29) is 0 Å². The van der Waals surface area contributed by atoms with Crippen molar-refractivity contribution >= 4 is 0 Å². The maximum absolute atomic E-state index is 6.22. The molecule has 0 radical (unpaired) electrons. The second-order valence-electron chi connectivity index (χ2n) is 10.9. The highest BCUT2D eigenvalue weighted by Crippen LogP contribution is 2.36. The van der Waals surface area contributed by atoms with E-state index in [0.29, 0.717) is 0 Å². The minimum atomic E-state index is 0.786. The van der Waals surface area contributed by atoms with Gasteiger partial charge in [0.1, 0.15) is 5.75 Å². The Labute approximate surface area is 228 Å². The smallest absolute Gasteiger partial charge is 0.119 e. The van der Waals surface area contributed by atoms with Gasteiger partial charge in [-0.2, -0.15) is 0 Å². The predicted molar refractivity (Wildman–Crippen MR) is 160 cm³/mol. The molecule has 38 heavy (non-hydrogen) atoms. The number of ether oxygens (including phenoxy) is 1. The van der Waals surface area contributed by atoms with Gasteiger partial charge in [-0.15, -0.1) is 0 Å². The third-order valence-electron chi connectivity index (χ3n) is 7.70. The van der Waals surface area contributed by atoms with Crippen molar-refractivity contribution in [2.75, 3.05) is 40.8 Å². The number of hydrogen-bond acceptors (Lipinski definition) is 3. The molecule has 4 aromatic rings. The zero-order chi connectivity index (χ0) is 26.3. The van der Waals surface area contributed by atoms with Crippen LogP contribution in [0.15, 0.2) is 97.1 Å². The number of likely N-dealkylation sites (tertiary alicyclic amines) is 1. The first-order chi connectivity index (χ1) is 18.6. The fraction of sp³-hybridized carbons (Fsp3) is 0.314. The number of piperidine rings is 1. The SMILES string of the molecule is CN(C)Cc1ccccc1-c1ccccc1-c1cccc(-c2cccc(OCCC3CCN(C)CC3)c2)c1. The van der Waals surface area contributed by atoms with Crippen LogP contribution in [0, 0.1) is 5.92 Å². The molecule has 0 saturated carbocycles. The Morgan fingerprint density at radius 3 is 2.11 bits per heavy atom. The molecule has 196 valence electrons. The van der Waals surface area contributed by atoms with Crippen molar-refractivity contribution < 1.29 is 4.74 Å². The first kappa shape index (κ1) is 26.2.